The number of amides is 1. The average Bonchev–Trinajstić information content (AvgIpc) is 3.17. The standard InChI is InChI=1S/C23H23N5O2/c1-22(2)18(23(22,3)4)20(29)26-14-8-5-7-13(11-14)17-15(12-25-28-17)21-27-19-16(30-21)9-6-10-24-19/h5-12,18H,1-4H3,(H,25,28)(H,26,29). The van der Waals surface area contributed by atoms with Crippen LogP contribution in [0.15, 0.2) is 53.2 Å². The number of pyridine rings is 1. The SMILES string of the molecule is CC1(C)C(C(=O)Nc2cccc(-c3[nH]ncc3-c3nc4ncccc4o3)c2)C1(C)C. The maximum Gasteiger partial charge on any atom is 0.232 e. The van der Waals surface area contributed by atoms with E-state index in [1.807, 2.05) is 36.4 Å². The number of anilines is 1. The quantitative estimate of drug-likeness (QED) is 0.507. The molecule has 0 atom stereocenters. The summed E-state index contributed by atoms with van der Waals surface area (Å²) in [4.78, 5) is 21.5. The number of hydrogen-bond acceptors (Lipinski definition) is 5. The van der Waals surface area contributed by atoms with Gasteiger partial charge in [-0.1, -0.05) is 39.8 Å². The van der Waals surface area contributed by atoms with Crippen LogP contribution in [0.5, 0.6) is 0 Å². The summed E-state index contributed by atoms with van der Waals surface area (Å²) in [6, 6.07) is 11.3. The van der Waals surface area contributed by atoms with Crippen LogP contribution in [0.2, 0.25) is 0 Å². The van der Waals surface area contributed by atoms with Crippen LogP contribution in [0.3, 0.4) is 0 Å². The van der Waals surface area contributed by atoms with Crippen LogP contribution in [0.1, 0.15) is 27.7 Å². The Morgan fingerprint density at radius 1 is 1.13 bits per heavy atom. The van der Waals surface area contributed by atoms with E-state index < -0.39 is 0 Å². The third-order valence-electron chi connectivity index (χ3n) is 6.74. The van der Waals surface area contributed by atoms with Gasteiger partial charge in [-0.05, 0) is 35.1 Å². The largest absolute Gasteiger partial charge is 0.434 e. The molecule has 5 rings (SSSR count). The van der Waals surface area contributed by atoms with Gasteiger partial charge in [0.15, 0.2) is 11.2 Å². The number of H-pyrrole nitrogens is 1. The molecule has 7 heteroatoms. The van der Waals surface area contributed by atoms with Gasteiger partial charge in [0.05, 0.1) is 17.5 Å². The first kappa shape index (κ1) is 18.5. The van der Waals surface area contributed by atoms with Gasteiger partial charge >= 0.3 is 0 Å². The van der Waals surface area contributed by atoms with E-state index in [-0.39, 0.29) is 22.7 Å². The summed E-state index contributed by atoms with van der Waals surface area (Å²) in [6.07, 6.45) is 3.36. The molecule has 3 aromatic heterocycles. The predicted octanol–water partition coefficient (Wildman–Crippen LogP) is 4.90. The third kappa shape index (κ3) is 2.73. The van der Waals surface area contributed by atoms with Crippen molar-refractivity contribution in [2.45, 2.75) is 27.7 Å². The number of aromatic amines is 1. The monoisotopic (exact) mass is 401 g/mol. The second-order valence-electron chi connectivity index (χ2n) is 8.95. The smallest absolute Gasteiger partial charge is 0.232 e. The summed E-state index contributed by atoms with van der Waals surface area (Å²) in [5.74, 6) is 0.490. The van der Waals surface area contributed by atoms with E-state index in [1.54, 1.807) is 12.4 Å². The Morgan fingerprint density at radius 3 is 2.67 bits per heavy atom. The minimum atomic E-state index is -0.0105. The fourth-order valence-electron chi connectivity index (χ4n) is 4.37. The van der Waals surface area contributed by atoms with Crippen molar-refractivity contribution in [3.63, 3.8) is 0 Å². The Bertz CT molecular complexity index is 1220. The lowest BCUT2D eigenvalue weighted by Crippen LogP contribution is -2.17. The van der Waals surface area contributed by atoms with Crippen molar-refractivity contribution in [1.82, 2.24) is 20.2 Å². The predicted molar refractivity (Wildman–Crippen MR) is 115 cm³/mol. The lowest BCUT2D eigenvalue weighted by atomic mass is 10.0. The summed E-state index contributed by atoms with van der Waals surface area (Å²) in [6.45, 7) is 8.55. The van der Waals surface area contributed by atoms with E-state index in [0.717, 1.165) is 22.5 Å². The molecule has 0 bridgehead atoms. The van der Waals surface area contributed by atoms with Gasteiger partial charge in [0.1, 0.15) is 0 Å². The highest BCUT2D eigenvalue weighted by Gasteiger charge is 2.68. The molecule has 0 saturated heterocycles. The molecular weight excluding hydrogens is 378 g/mol. The molecule has 1 aliphatic rings. The molecule has 1 saturated carbocycles. The van der Waals surface area contributed by atoms with Crippen LogP contribution in [-0.4, -0.2) is 26.1 Å². The van der Waals surface area contributed by atoms with Gasteiger partial charge < -0.3 is 9.73 Å². The zero-order valence-corrected chi connectivity index (χ0v) is 17.4. The maximum absolute atomic E-state index is 12.8. The second-order valence-corrected chi connectivity index (χ2v) is 8.95. The topological polar surface area (TPSA) is 96.7 Å². The van der Waals surface area contributed by atoms with Gasteiger partial charge in [0.25, 0.3) is 0 Å². The fraction of sp³-hybridized carbons (Fsp3) is 0.304. The number of carbonyl (C=O) groups is 1. The van der Waals surface area contributed by atoms with E-state index in [4.69, 9.17) is 4.42 Å². The number of hydrogen-bond donors (Lipinski definition) is 2. The third-order valence-corrected chi connectivity index (χ3v) is 6.74. The van der Waals surface area contributed by atoms with Gasteiger partial charge in [-0.2, -0.15) is 10.1 Å². The fourth-order valence-corrected chi connectivity index (χ4v) is 4.37. The van der Waals surface area contributed by atoms with Gasteiger partial charge in [0.2, 0.25) is 11.8 Å². The molecule has 0 unspecified atom stereocenters. The first-order valence-electron chi connectivity index (χ1n) is 9.95. The molecular formula is C23H23N5O2. The van der Waals surface area contributed by atoms with Gasteiger partial charge in [-0.15, -0.1) is 0 Å². The van der Waals surface area contributed by atoms with Crippen molar-refractivity contribution >= 4 is 22.8 Å². The zero-order valence-electron chi connectivity index (χ0n) is 17.4. The van der Waals surface area contributed by atoms with E-state index >= 15 is 0 Å². The minimum Gasteiger partial charge on any atom is -0.434 e. The van der Waals surface area contributed by atoms with Crippen molar-refractivity contribution in [2.75, 3.05) is 5.32 Å². The number of aromatic nitrogens is 4. The van der Waals surface area contributed by atoms with Crippen LogP contribution >= 0.6 is 0 Å². The molecule has 30 heavy (non-hydrogen) atoms. The lowest BCUT2D eigenvalue weighted by Gasteiger charge is -2.08. The molecule has 4 aromatic rings. The molecule has 0 radical (unpaired) electrons. The number of nitrogens with zero attached hydrogens (tertiary/aromatic N) is 3. The Labute approximate surface area is 173 Å². The molecule has 1 aromatic carbocycles. The first-order chi connectivity index (χ1) is 14.3. The van der Waals surface area contributed by atoms with Crippen molar-refractivity contribution in [1.29, 1.82) is 0 Å². The Kier molecular flexibility index (Phi) is 3.87. The lowest BCUT2D eigenvalue weighted by molar-refractivity contribution is -0.118. The summed E-state index contributed by atoms with van der Waals surface area (Å²) in [5, 5.41) is 10.3. The number of carbonyl (C=O) groups excluding carboxylic acids is 1. The first-order valence-corrected chi connectivity index (χ1v) is 9.95. The van der Waals surface area contributed by atoms with E-state index in [2.05, 4.69) is 53.2 Å². The molecule has 1 fully saturated rings. The Morgan fingerprint density at radius 2 is 1.93 bits per heavy atom. The molecule has 1 aliphatic carbocycles. The van der Waals surface area contributed by atoms with Gasteiger partial charge in [-0.25, -0.2) is 4.98 Å². The van der Waals surface area contributed by atoms with Crippen LogP contribution in [0, 0.1) is 16.7 Å². The van der Waals surface area contributed by atoms with Gasteiger partial charge in [-0.3, -0.25) is 9.89 Å². The van der Waals surface area contributed by atoms with Gasteiger partial charge in [0, 0.05) is 23.4 Å². The van der Waals surface area contributed by atoms with Crippen LogP contribution in [0.4, 0.5) is 5.69 Å². The molecule has 0 aliphatic heterocycles. The van der Waals surface area contributed by atoms with Crippen LogP contribution < -0.4 is 5.32 Å². The number of fused-ring (bicyclic) bond motifs is 1. The van der Waals surface area contributed by atoms with Crippen molar-refractivity contribution < 1.29 is 9.21 Å². The number of oxazole rings is 1. The van der Waals surface area contributed by atoms with Crippen molar-refractivity contribution in [3.05, 3.63) is 48.8 Å². The summed E-state index contributed by atoms with van der Waals surface area (Å²) in [7, 11) is 0. The van der Waals surface area contributed by atoms with E-state index in [0.29, 0.717) is 17.1 Å². The Hall–Kier alpha value is -3.48. The molecule has 7 nitrogen and oxygen atoms in total. The number of rotatable bonds is 4. The molecule has 1 amide bonds. The molecule has 2 N–H and O–H groups in total. The molecule has 3 heterocycles. The Balaban J connectivity index is 1.44. The van der Waals surface area contributed by atoms with Crippen LogP contribution in [0.25, 0.3) is 33.9 Å². The average molecular weight is 401 g/mol. The summed E-state index contributed by atoms with van der Waals surface area (Å²) >= 11 is 0. The minimum absolute atomic E-state index is 0.00770. The molecule has 0 spiro atoms. The highest BCUT2D eigenvalue weighted by molar-refractivity contribution is 5.96. The normalized spacial score (nSPS) is 17.2. The highest BCUT2D eigenvalue weighted by Crippen LogP contribution is 2.68. The van der Waals surface area contributed by atoms with E-state index in [1.165, 1.54) is 0 Å². The van der Waals surface area contributed by atoms with E-state index in [9.17, 15) is 4.79 Å². The second kappa shape index (κ2) is 6.26. The van der Waals surface area contributed by atoms with Crippen molar-refractivity contribution in [2.24, 2.45) is 16.7 Å². The number of benzene rings is 1. The van der Waals surface area contributed by atoms with Crippen molar-refractivity contribution in [3.8, 4) is 22.7 Å². The summed E-state index contributed by atoms with van der Waals surface area (Å²) in [5.41, 5.74) is 4.29. The zero-order chi connectivity index (χ0) is 21.1. The number of nitrogens with one attached hydrogen (secondary N) is 2. The molecule has 152 valence electrons. The summed E-state index contributed by atoms with van der Waals surface area (Å²) < 4.78 is 5.85. The highest BCUT2D eigenvalue weighted by atomic mass is 16.3. The maximum atomic E-state index is 12.8. The van der Waals surface area contributed by atoms with Crippen LogP contribution in [-0.2, 0) is 4.79 Å².